The summed E-state index contributed by atoms with van der Waals surface area (Å²) < 4.78 is 4.32. The first kappa shape index (κ1) is 14.0. The van der Waals surface area contributed by atoms with Gasteiger partial charge in [0.05, 0.1) is 6.10 Å². The molecule has 1 unspecified atom stereocenters. The molecule has 0 fully saturated rings. The van der Waals surface area contributed by atoms with Gasteiger partial charge in [0.15, 0.2) is 0 Å². The first-order valence-corrected chi connectivity index (χ1v) is 7.05. The molecule has 0 aliphatic rings. The van der Waals surface area contributed by atoms with Gasteiger partial charge in [0.1, 0.15) is 5.82 Å². The number of aromatic nitrogens is 2. The smallest absolute Gasteiger partial charge is 0.202 e. The molecule has 5 heteroatoms. The molecule has 1 aromatic heterocycles. The zero-order valence-electron chi connectivity index (χ0n) is 11.4. The Labute approximate surface area is 117 Å². The second-order valence-electron chi connectivity index (χ2n) is 5.48. The van der Waals surface area contributed by atoms with Crippen molar-refractivity contribution < 1.29 is 5.11 Å². The molecule has 0 bridgehead atoms. The van der Waals surface area contributed by atoms with Crippen molar-refractivity contribution in [1.29, 1.82) is 0 Å². The van der Waals surface area contributed by atoms with Gasteiger partial charge in [0, 0.05) is 23.5 Å². The fourth-order valence-electron chi connectivity index (χ4n) is 1.58. The van der Waals surface area contributed by atoms with Crippen LogP contribution in [0.4, 0.5) is 5.13 Å². The van der Waals surface area contributed by atoms with Crippen LogP contribution < -0.4 is 5.32 Å². The lowest BCUT2D eigenvalue weighted by atomic mass is 9.96. The maximum Gasteiger partial charge on any atom is 0.202 e. The highest BCUT2D eigenvalue weighted by Crippen LogP contribution is 2.23. The number of rotatable bonds is 4. The summed E-state index contributed by atoms with van der Waals surface area (Å²) in [6, 6.07) is 9.59. The minimum Gasteiger partial charge on any atom is -0.387 e. The predicted octanol–water partition coefficient (Wildman–Crippen LogP) is 2.98. The number of nitrogens with one attached hydrogen (secondary N) is 1. The maximum absolute atomic E-state index is 10.0. The molecule has 2 rings (SSSR count). The van der Waals surface area contributed by atoms with Crippen LogP contribution >= 0.6 is 11.5 Å². The van der Waals surface area contributed by atoms with Crippen LogP contribution in [0.25, 0.3) is 0 Å². The van der Waals surface area contributed by atoms with Crippen LogP contribution in [-0.2, 0) is 5.41 Å². The van der Waals surface area contributed by atoms with Gasteiger partial charge in [-0.3, -0.25) is 0 Å². The minimum absolute atomic E-state index is 0.0471. The quantitative estimate of drug-likeness (QED) is 0.902. The SMILES string of the molecule is CC(C)(C)c1nsc(NCC(O)c2ccccc2)n1. The summed E-state index contributed by atoms with van der Waals surface area (Å²) in [6.07, 6.45) is -0.539. The summed E-state index contributed by atoms with van der Waals surface area (Å²) in [7, 11) is 0. The molecule has 0 amide bonds. The van der Waals surface area contributed by atoms with E-state index in [9.17, 15) is 5.11 Å². The summed E-state index contributed by atoms with van der Waals surface area (Å²) in [5, 5.41) is 13.9. The lowest BCUT2D eigenvalue weighted by Gasteiger charge is -2.13. The lowest BCUT2D eigenvalue weighted by Crippen LogP contribution is -2.14. The van der Waals surface area contributed by atoms with Gasteiger partial charge in [-0.15, -0.1) is 0 Å². The molecule has 102 valence electrons. The Morgan fingerprint density at radius 2 is 1.95 bits per heavy atom. The maximum atomic E-state index is 10.0. The van der Waals surface area contributed by atoms with Crippen LogP contribution in [0, 0.1) is 0 Å². The third kappa shape index (κ3) is 3.75. The Hall–Kier alpha value is -1.46. The molecular weight excluding hydrogens is 258 g/mol. The number of anilines is 1. The van der Waals surface area contributed by atoms with Gasteiger partial charge in [-0.1, -0.05) is 51.1 Å². The molecule has 0 saturated heterocycles. The van der Waals surface area contributed by atoms with Crippen LogP contribution in [0.2, 0.25) is 0 Å². The van der Waals surface area contributed by atoms with E-state index in [1.807, 2.05) is 30.3 Å². The van der Waals surface area contributed by atoms with Crippen molar-refractivity contribution >= 4 is 16.7 Å². The van der Waals surface area contributed by atoms with E-state index in [2.05, 4.69) is 35.4 Å². The van der Waals surface area contributed by atoms with Crippen molar-refractivity contribution in [2.24, 2.45) is 0 Å². The Bertz CT molecular complexity index is 519. The summed E-state index contributed by atoms with van der Waals surface area (Å²) in [5.41, 5.74) is 0.852. The van der Waals surface area contributed by atoms with Crippen molar-refractivity contribution in [2.45, 2.75) is 32.3 Å². The van der Waals surface area contributed by atoms with Gasteiger partial charge in [-0.05, 0) is 5.56 Å². The highest BCUT2D eigenvalue weighted by atomic mass is 32.1. The second kappa shape index (κ2) is 5.67. The summed E-state index contributed by atoms with van der Waals surface area (Å²) in [4.78, 5) is 4.43. The number of hydrogen-bond acceptors (Lipinski definition) is 5. The average Bonchev–Trinajstić information content (AvgIpc) is 2.86. The molecule has 2 N–H and O–H groups in total. The van der Waals surface area contributed by atoms with Gasteiger partial charge >= 0.3 is 0 Å². The fourth-order valence-corrected chi connectivity index (χ4v) is 2.34. The summed E-state index contributed by atoms with van der Waals surface area (Å²) in [5.74, 6) is 0.828. The molecule has 0 saturated carbocycles. The molecule has 2 aromatic rings. The first-order valence-electron chi connectivity index (χ1n) is 6.28. The Kier molecular flexibility index (Phi) is 4.17. The zero-order valence-corrected chi connectivity index (χ0v) is 12.2. The van der Waals surface area contributed by atoms with Crippen molar-refractivity contribution in [1.82, 2.24) is 9.36 Å². The molecule has 4 nitrogen and oxygen atoms in total. The van der Waals surface area contributed by atoms with Crippen LogP contribution in [0.3, 0.4) is 0 Å². The molecule has 19 heavy (non-hydrogen) atoms. The normalized spacial score (nSPS) is 13.3. The van der Waals surface area contributed by atoms with Crippen LogP contribution in [0.5, 0.6) is 0 Å². The molecule has 1 aromatic carbocycles. The molecule has 1 atom stereocenters. The topological polar surface area (TPSA) is 58.0 Å². The third-order valence-corrected chi connectivity index (χ3v) is 3.40. The predicted molar refractivity (Wildman–Crippen MR) is 78.5 cm³/mol. The highest BCUT2D eigenvalue weighted by Gasteiger charge is 2.19. The molecule has 0 aliphatic heterocycles. The van der Waals surface area contributed by atoms with Crippen molar-refractivity contribution in [3.63, 3.8) is 0 Å². The molecule has 0 radical (unpaired) electrons. The lowest BCUT2D eigenvalue weighted by molar-refractivity contribution is 0.191. The summed E-state index contributed by atoms with van der Waals surface area (Å²) in [6.45, 7) is 6.68. The minimum atomic E-state index is -0.539. The van der Waals surface area contributed by atoms with Crippen LogP contribution in [-0.4, -0.2) is 21.0 Å². The van der Waals surface area contributed by atoms with E-state index in [4.69, 9.17) is 0 Å². The van der Waals surface area contributed by atoms with Crippen molar-refractivity contribution in [2.75, 3.05) is 11.9 Å². The van der Waals surface area contributed by atoms with Gasteiger partial charge < -0.3 is 10.4 Å². The number of aliphatic hydroxyl groups is 1. The largest absolute Gasteiger partial charge is 0.387 e. The van der Waals surface area contributed by atoms with E-state index >= 15 is 0 Å². The van der Waals surface area contributed by atoms with Crippen molar-refractivity contribution in [3.05, 3.63) is 41.7 Å². The monoisotopic (exact) mass is 277 g/mol. The zero-order chi connectivity index (χ0) is 13.9. The molecular formula is C14H19N3OS. The van der Waals surface area contributed by atoms with Gasteiger partial charge in [-0.2, -0.15) is 4.37 Å². The van der Waals surface area contributed by atoms with Gasteiger partial charge in [0.2, 0.25) is 5.13 Å². The van der Waals surface area contributed by atoms with Crippen LogP contribution in [0.1, 0.15) is 38.3 Å². The average molecular weight is 277 g/mol. The molecule has 0 aliphatic carbocycles. The van der Waals surface area contributed by atoms with Crippen molar-refractivity contribution in [3.8, 4) is 0 Å². The Balaban J connectivity index is 1.94. The van der Waals surface area contributed by atoms with Gasteiger partial charge in [0.25, 0.3) is 0 Å². The standard InChI is InChI=1S/C14H19N3OS/c1-14(2,3)12-16-13(19-17-12)15-9-11(18)10-7-5-4-6-8-10/h4-8,11,18H,9H2,1-3H3,(H,15,16,17). The number of aliphatic hydroxyl groups excluding tert-OH is 1. The Morgan fingerprint density at radius 3 is 2.53 bits per heavy atom. The number of benzene rings is 1. The van der Waals surface area contributed by atoms with E-state index in [1.54, 1.807) is 0 Å². The number of hydrogen-bond donors (Lipinski definition) is 2. The molecule has 1 heterocycles. The van der Waals surface area contributed by atoms with E-state index in [0.29, 0.717) is 6.54 Å². The van der Waals surface area contributed by atoms with Crippen LogP contribution in [0.15, 0.2) is 30.3 Å². The van der Waals surface area contributed by atoms with E-state index in [0.717, 1.165) is 16.5 Å². The Morgan fingerprint density at radius 1 is 1.26 bits per heavy atom. The van der Waals surface area contributed by atoms with E-state index < -0.39 is 6.10 Å². The first-order chi connectivity index (χ1) is 8.97. The third-order valence-electron chi connectivity index (χ3n) is 2.73. The summed E-state index contributed by atoms with van der Waals surface area (Å²) >= 11 is 1.33. The second-order valence-corrected chi connectivity index (χ2v) is 6.23. The number of nitrogens with zero attached hydrogens (tertiary/aromatic N) is 2. The van der Waals surface area contributed by atoms with E-state index in [1.165, 1.54) is 11.5 Å². The fraction of sp³-hybridized carbons (Fsp3) is 0.429. The highest BCUT2D eigenvalue weighted by molar-refractivity contribution is 7.09. The van der Waals surface area contributed by atoms with Gasteiger partial charge in [-0.25, -0.2) is 4.98 Å². The van der Waals surface area contributed by atoms with E-state index in [-0.39, 0.29) is 5.41 Å². The molecule has 0 spiro atoms.